The molecule has 1 fully saturated rings. The number of halogens is 3. The number of carbonyl (C=O) groups excluding carboxylic acids is 1. The maximum atomic E-state index is 12.5. The second-order valence-electron chi connectivity index (χ2n) is 5.81. The molecule has 0 atom stereocenters. The molecule has 3 rings (SSSR count). The van der Waals surface area contributed by atoms with Crippen LogP contribution < -0.4 is 14.8 Å². The number of carbonyl (C=O) groups is 1. The summed E-state index contributed by atoms with van der Waals surface area (Å²) in [7, 11) is 0. The number of nitrogens with zero attached hydrogens (tertiary/aromatic N) is 1. The third kappa shape index (κ3) is 5.58. The van der Waals surface area contributed by atoms with Crippen molar-refractivity contribution in [2.45, 2.75) is 25.3 Å². The van der Waals surface area contributed by atoms with Gasteiger partial charge >= 0.3 is 6.36 Å². The van der Waals surface area contributed by atoms with Crippen molar-refractivity contribution < 1.29 is 32.2 Å². The fourth-order valence-electron chi connectivity index (χ4n) is 2.53. The number of anilines is 1. The van der Waals surface area contributed by atoms with Crippen molar-refractivity contribution >= 4 is 11.6 Å². The van der Waals surface area contributed by atoms with Gasteiger partial charge in [-0.3, -0.25) is 4.79 Å². The average molecular weight is 382 g/mol. The summed E-state index contributed by atoms with van der Waals surface area (Å²) < 4.78 is 52.2. The molecule has 2 aromatic rings. The van der Waals surface area contributed by atoms with Gasteiger partial charge in [0.25, 0.3) is 5.91 Å². The van der Waals surface area contributed by atoms with Crippen molar-refractivity contribution in [1.29, 1.82) is 0 Å². The molecule has 0 unspecified atom stereocenters. The Bertz CT molecular complexity index is 775. The summed E-state index contributed by atoms with van der Waals surface area (Å²) in [5.74, 6) is -0.733. The summed E-state index contributed by atoms with van der Waals surface area (Å²) in [6, 6.07) is 8.33. The maximum Gasteiger partial charge on any atom is 0.573 e. The van der Waals surface area contributed by atoms with Gasteiger partial charge in [-0.15, -0.1) is 13.2 Å². The van der Waals surface area contributed by atoms with E-state index in [4.69, 9.17) is 9.47 Å². The van der Waals surface area contributed by atoms with Crippen molar-refractivity contribution in [1.82, 2.24) is 4.98 Å². The smallest absolute Gasteiger partial charge is 0.474 e. The molecule has 1 aromatic heterocycles. The standard InChI is InChI=1S/C18H17F3N2O4/c19-18(20,21)27-15-4-2-1-3-14(15)23-17(24)12-5-6-16(22-11-12)26-13-7-9-25-10-8-13/h1-6,11,13H,7-10H2,(H,23,24). The monoisotopic (exact) mass is 382 g/mol. The lowest BCUT2D eigenvalue weighted by Crippen LogP contribution is -2.26. The highest BCUT2D eigenvalue weighted by Gasteiger charge is 2.32. The Morgan fingerprint density at radius 3 is 2.56 bits per heavy atom. The Morgan fingerprint density at radius 1 is 1.15 bits per heavy atom. The van der Waals surface area contributed by atoms with E-state index in [0.29, 0.717) is 19.1 Å². The van der Waals surface area contributed by atoms with E-state index in [1.165, 1.54) is 30.5 Å². The first-order valence-corrected chi connectivity index (χ1v) is 8.27. The van der Waals surface area contributed by atoms with Crippen LogP contribution in [0.3, 0.4) is 0 Å². The van der Waals surface area contributed by atoms with Crippen LogP contribution in [0.4, 0.5) is 18.9 Å². The number of pyridine rings is 1. The Balaban J connectivity index is 1.64. The van der Waals surface area contributed by atoms with E-state index in [9.17, 15) is 18.0 Å². The molecule has 2 heterocycles. The molecule has 0 aliphatic carbocycles. The van der Waals surface area contributed by atoms with E-state index in [0.717, 1.165) is 18.9 Å². The highest BCUT2D eigenvalue weighted by molar-refractivity contribution is 6.04. The lowest BCUT2D eigenvalue weighted by molar-refractivity contribution is -0.274. The fraction of sp³-hybridized carbons (Fsp3) is 0.333. The van der Waals surface area contributed by atoms with Crippen molar-refractivity contribution in [3.8, 4) is 11.6 Å². The van der Waals surface area contributed by atoms with Gasteiger partial charge in [-0.2, -0.15) is 0 Å². The zero-order valence-electron chi connectivity index (χ0n) is 14.2. The molecular formula is C18H17F3N2O4. The van der Waals surface area contributed by atoms with Gasteiger partial charge < -0.3 is 19.5 Å². The van der Waals surface area contributed by atoms with Crippen LogP contribution in [0.25, 0.3) is 0 Å². The zero-order chi connectivity index (χ0) is 19.3. The van der Waals surface area contributed by atoms with Gasteiger partial charge in [0.05, 0.1) is 24.5 Å². The van der Waals surface area contributed by atoms with Crippen LogP contribution in [0.1, 0.15) is 23.2 Å². The van der Waals surface area contributed by atoms with Crippen LogP contribution in [0.15, 0.2) is 42.6 Å². The van der Waals surface area contributed by atoms with E-state index in [1.54, 1.807) is 6.07 Å². The summed E-state index contributed by atoms with van der Waals surface area (Å²) in [4.78, 5) is 16.4. The second kappa shape index (κ2) is 8.26. The first-order chi connectivity index (χ1) is 12.9. The van der Waals surface area contributed by atoms with Crippen LogP contribution in [-0.2, 0) is 4.74 Å². The highest BCUT2D eigenvalue weighted by Crippen LogP contribution is 2.30. The van der Waals surface area contributed by atoms with Crippen molar-refractivity contribution in [2.75, 3.05) is 18.5 Å². The zero-order valence-corrected chi connectivity index (χ0v) is 14.2. The molecule has 6 nitrogen and oxygen atoms in total. The largest absolute Gasteiger partial charge is 0.573 e. The highest BCUT2D eigenvalue weighted by atomic mass is 19.4. The molecule has 1 aliphatic heterocycles. The molecule has 9 heteroatoms. The number of rotatable bonds is 5. The predicted octanol–water partition coefficient (Wildman–Crippen LogP) is 3.79. The molecule has 1 N–H and O–H groups in total. The van der Waals surface area contributed by atoms with Crippen LogP contribution in [0.5, 0.6) is 11.6 Å². The number of benzene rings is 1. The van der Waals surface area contributed by atoms with Crippen molar-refractivity contribution in [3.63, 3.8) is 0 Å². The topological polar surface area (TPSA) is 69.7 Å². The van der Waals surface area contributed by atoms with Gasteiger partial charge in [0, 0.05) is 25.1 Å². The molecule has 1 amide bonds. The minimum Gasteiger partial charge on any atom is -0.474 e. The molecule has 1 saturated heterocycles. The maximum absolute atomic E-state index is 12.5. The minimum atomic E-state index is -4.86. The Morgan fingerprint density at radius 2 is 1.89 bits per heavy atom. The molecule has 1 aliphatic rings. The van der Waals surface area contributed by atoms with E-state index in [1.807, 2.05) is 0 Å². The Hall–Kier alpha value is -2.81. The molecule has 1 aromatic carbocycles. The summed E-state index contributed by atoms with van der Waals surface area (Å²) in [5, 5.41) is 2.39. The van der Waals surface area contributed by atoms with Gasteiger partial charge in [-0.1, -0.05) is 12.1 Å². The first kappa shape index (κ1) is 19.0. The van der Waals surface area contributed by atoms with E-state index >= 15 is 0 Å². The average Bonchev–Trinajstić information content (AvgIpc) is 2.63. The van der Waals surface area contributed by atoms with Gasteiger partial charge in [-0.25, -0.2) is 4.98 Å². The van der Waals surface area contributed by atoms with E-state index < -0.39 is 18.0 Å². The molecule has 0 spiro atoms. The Kier molecular flexibility index (Phi) is 5.80. The normalized spacial score (nSPS) is 15.2. The van der Waals surface area contributed by atoms with Crippen molar-refractivity contribution in [3.05, 3.63) is 48.2 Å². The Labute approximate surface area is 153 Å². The third-order valence-corrected chi connectivity index (χ3v) is 3.82. The van der Waals surface area contributed by atoms with E-state index in [-0.39, 0.29) is 17.4 Å². The van der Waals surface area contributed by atoms with E-state index in [2.05, 4.69) is 15.0 Å². The number of nitrogens with one attached hydrogen (secondary N) is 1. The van der Waals surface area contributed by atoms with Crippen molar-refractivity contribution in [2.24, 2.45) is 0 Å². The molecule has 144 valence electrons. The molecule has 0 bridgehead atoms. The number of aromatic nitrogens is 1. The van der Waals surface area contributed by atoms with Crippen LogP contribution >= 0.6 is 0 Å². The summed E-state index contributed by atoms with van der Waals surface area (Å²) >= 11 is 0. The number of amides is 1. The number of hydrogen-bond acceptors (Lipinski definition) is 5. The van der Waals surface area contributed by atoms with Crippen LogP contribution in [0, 0.1) is 0 Å². The summed E-state index contributed by atoms with van der Waals surface area (Å²) in [5.41, 5.74) is 0.0819. The molecular weight excluding hydrogens is 365 g/mol. The lowest BCUT2D eigenvalue weighted by atomic mass is 10.1. The number of alkyl halides is 3. The van der Waals surface area contributed by atoms with Gasteiger partial charge in [0.15, 0.2) is 5.75 Å². The number of para-hydroxylation sites is 2. The summed E-state index contributed by atoms with van der Waals surface area (Å²) in [6.07, 6.45) is -2.01. The van der Waals surface area contributed by atoms with Crippen LogP contribution in [0.2, 0.25) is 0 Å². The third-order valence-electron chi connectivity index (χ3n) is 3.82. The molecule has 0 radical (unpaired) electrons. The molecule has 27 heavy (non-hydrogen) atoms. The quantitative estimate of drug-likeness (QED) is 0.852. The number of ether oxygens (including phenoxy) is 3. The molecule has 0 saturated carbocycles. The minimum absolute atomic E-state index is 0.0114. The van der Waals surface area contributed by atoms with Gasteiger partial charge in [0.1, 0.15) is 6.10 Å². The summed E-state index contributed by atoms with van der Waals surface area (Å²) in [6.45, 7) is 1.26. The number of hydrogen-bond donors (Lipinski definition) is 1. The predicted molar refractivity (Wildman–Crippen MR) is 89.8 cm³/mol. The first-order valence-electron chi connectivity index (χ1n) is 8.27. The van der Waals surface area contributed by atoms with Gasteiger partial charge in [0.2, 0.25) is 5.88 Å². The lowest BCUT2D eigenvalue weighted by Gasteiger charge is -2.22. The second-order valence-corrected chi connectivity index (χ2v) is 5.81. The SMILES string of the molecule is O=C(Nc1ccccc1OC(F)(F)F)c1ccc(OC2CCOCC2)nc1. The van der Waals surface area contributed by atoms with Crippen LogP contribution in [-0.4, -0.2) is 36.6 Å². The fourth-order valence-corrected chi connectivity index (χ4v) is 2.53. The van der Waals surface area contributed by atoms with Gasteiger partial charge in [-0.05, 0) is 18.2 Å².